The number of allylic oxidation sites excluding steroid dienone is 8. The van der Waals surface area contributed by atoms with Gasteiger partial charge < -0.3 is 9.80 Å². The monoisotopic (exact) mass is 868 g/mol. The van der Waals surface area contributed by atoms with Gasteiger partial charge in [0.15, 0.2) is 0 Å². The van der Waals surface area contributed by atoms with E-state index >= 15 is 0 Å². The molecule has 0 saturated heterocycles. The smallest absolute Gasteiger partial charge is 0.0713 e. The zero-order valence-electron chi connectivity index (χ0n) is 37.7. The molecular formula is C66H48N2. The third-order valence-electron chi connectivity index (χ3n) is 13.8. The van der Waals surface area contributed by atoms with Gasteiger partial charge in [0.25, 0.3) is 0 Å². The third-order valence-corrected chi connectivity index (χ3v) is 13.8. The molecular weight excluding hydrogens is 821 g/mol. The number of hydrogen-bond acceptors (Lipinski definition) is 2. The SMILES string of the molecule is C=C1/C=C\C=C/C/C=C\C(N(c2ccc(C3(c4ccc(N(c5ccc6ccccc6c5)c5ccc6ccccc6c5)cc4)c4ccccc4-c4ccccc43)cc2)c2ccc3ccccc3c2)=C/1. The van der Waals surface area contributed by atoms with Crippen molar-refractivity contribution in [3.8, 4) is 11.1 Å². The summed E-state index contributed by atoms with van der Waals surface area (Å²) in [5.41, 5.74) is 14.4. The lowest BCUT2D eigenvalue weighted by molar-refractivity contribution is 0.768. The number of fused-ring (bicyclic) bond motifs is 6. The highest BCUT2D eigenvalue weighted by Crippen LogP contribution is 2.56. The summed E-state index contributed by atoms with van der Waals surface area (Å²) in [5, 5.41) is 7.27. The van der Waals surface area contributed by atoms with E-state index in [2.05, 4.69) is 283 Å². The molecule has 10 aromatic carbocycles. The van der Waals surface area contributed by atoms with Gasteiger partial charge in [-0.1, -0.05) is 201 Å². The summed E-state index contributed by atoms with van der Waals surface area (Å²) in [6.45, 7) is 4.42. The van der Waals surface area contributed by atoms with Crippen LogP contribution < -0.4 is 9.80 Å². The van der Waals surface area contributed by atoms with E-state index in [-0.39, 0.29) is 0 Å². The van der Waals surface area contributed by atoms with Crippen molar-refractivity contribution in [2.24, 2.45) is 0 Å². The maximum absolute atomic E-state index is 4.42. The molecule has 10 aromatic rings. The van der Waals surface area contributed by atoms with Gasteiger partial charge in [-0.25, -0.2) is 0 Å². The minimum atomic E-state index is -0.588. The molecule has 0 bridgehead atoms. The minimum Gasteiger partial charge on any atom is -0.310 e. The Morgan fingerprint density at radius 2 is 0.765 bits per heavy atom. The van der Waals surface area contributed by atoms with E-state index in [1.165, 1.54) is 65.7 Å². The summed E-state index contributed by atoms with van der Waals surface area (Å²) >= 11 is 0. The number of rotatable bonds is 8. The molecule has 0 N–H and O–H groups in total. The van der Waals surface area contributed by atoms with Crippen LogP contribution in [0, 0.1) is 0 Å². The summed E-state index contributed by atoms with van der Waals surface area (Å²) in [6, 6.07) is 82.7. The van der Waals surface area contributed by atoms with Gasteiger partial charge in [0, 0.05) is 34.1 Å². The van der Waals surface area contributed by atoms with E-state index in [0.717, 1.165) is 46.1 Å². The highest BCUT2D eigenvalue weighted by molar-refractivity contribution is 5.94. The van der Waals surface area contributed by atoms with Gasteiger partial charge in [-0.3, -0.25) is 0 Å². The molecule has 0 saturated carbocycles. The third kappa shape index (κ3) is 7.15. The summed E-state index contributed by atoms with van der Waals surface area (Å²) in [6.07, 6.45) is 15.9. The molecule has 12 rings (SSSR count). The van der Waals surface area contributed by atoms with E-state index in [4.69, 9.17) is 0 Å². The zero-order chi connectivity index (χ0) is 45.4. The predicted octanol–water partition coefficient (Wildman–Crippen LogP) is 17.6. The average Bonchev–Trinajstić information content (AvgIpc) is 3.70. The lowest BCUT2D eigenvalue weighted by Gasteiger charge is -2.35. The van der Waals surface area contributed by atoms with E-state index in [0.29, 0.717) is 0 Å². The van der Waals surface area contributed by atoms with E-state index in [1.54, 1.807) is 0 Å². The van der Waals surface area contributed by atoms with Gasteiger partial charge in [0.2, 0.25) is 0 Å². The molecule has 322 valence electrons. The van der Waals surface area contributed by atoms with Crippen molar-refractivity contribution < 1.29 is 0 Å². The molecule has 2 nitrogen and oxygen atoms in total. The van der Waals surface area contributed by atoms with Crippen molar-refractivity contribution in [3.05, 3.63) is 307 Å². The molecule has 2 heteroatoms. The van der Waals surface area contributed by atoms with E-state index in [9.17, 15) is 0 Å². The molecule has 2 aliphatic rings. The Labute approximate surface area is 398 Å². The van der Waals surface area contributed by atoms with Gasteiger partial charge in [-0.05, 0) is 151 Å². The number of benzene rings is 10. The van der Waals surface area contributed by atoms with Gasteiger partial charge >= 0.3 is 0 Å². The lowest BCUT2D eigenvalue weighted by Crippen LogP contribution is -2.28. The maximum atomic E-state index is 4.42. The van der Waals surface area contributed by atoms with Crippen LogP contribution in [-0.2, 0) is 5.41 Å². The van der Waals surface area contributed by atoms with Gasteiger partial charge in [0.1, 0.15) is 0 Å². The molecule has 0 aromatic heterocycles. The van der Waals surface area contributed by atoms with Crippen LogP contribution in [-0.4, -0.2) is 0 Å². The normalized spacial score (nSPS) is 16.1. The highest BCUT2D eigenvalue weighted by atomic mass is 15.1. The van der Waals surface area contributed by atoms with E-state index < -0.39 is 5.41 Å². The van der Waals surface area contributed by atoms with Crippen molar-refractivity contribution in [3.63, 3.8) is 0 Å². The van der Waals surface area contributed by atoms with Crippen molar-refractivity contribution in [1.82, 2.24) is 0 Å². The average molecular weight is 869 g/mol. The first kappa shape index (κ1) is 40.8. The van der Waals surface area contributed by atoms with Crippen LogP contribution in [0.4, 0.5) is 28.4 Å². The van der Waals surface area contributed by atoms with Crippen molar-refractivity contribution in [2.75, 3.05) is 9.80 Å². The molecule has 0 amide bonds. The Hall–Kier alpha value is -8.72. The van der Waals surface area contributed by atoms with Gasteiger partial charge in [-0.2, -0.15) is 0 Å². The van der Waals surface area contributed by atoms with Crippen LogP contribution in [0.15, 0.2) is 285 Å². The van der Waals surface area contributed by atoms with Crippen LogP contribution >= 0.6 is 0 Å². The quantitative estimate of drug-likeness (QED) is 0.150. The first-order chi connectivity index (χ1) is 33.6. The highest BCUT2D eigenvalue weighted by Gasteiger charge is 2.46. The molecule has 0 aliphatic heterocycles. The van der Waals surface area contributed by atoms with Crippen molar-refractivity contribution in [1.29, 1.82) is 0 Å². The van der Waals surface area contributed by atoms with Crippen LogP contribution in [0.2, 0.25) is 0 Å². The second kappa shape index (κ2) is 17.3. The van der Waals surface area contributed by atoms with Crippen LogP contribution in [0.25, 0.3) is 43.4 Å². The Morgan fingerprint density at radius 1 is 0.353 bits per heavy atom. The molecule has 0 radical (unpaired) electrons. The van der Waals surface area contributed by atoms with Crippen molar-refractivity contribution >= 4 is 60.8 Å². The predicted molar refractivity (Wildman–Crippen MR) is 289 cm³/mol. The second-order valence-corrected chi connectivity index (χ2v) is 17.8. The fraction of sp³-hybridized carbons (Fsp3) is 0.0303. The summed E-state index contributed by atoms with van der Waals surface area (Å²) in [5.74, 6) is 0. The summed E-state index contributed by atoms with van der Waals surface area (Å²) in [4.78, 5) is 4.76. The molecule has 0 fully saturated rings. The Bertz CT molecular complexity index is 3550. The number of nitrogens with zero attached hydrogens (tertiary/aromatic N) is 2. The minimum absolute atomic E-state index is 0.588. The molecule has 0 heterocycles. The molecule has 0 spiro atoms. The molecule has 68 heavy (non-hydrogen) atoms. The summed E-state index contributed by atoms with van der Waals surface area (Å²) in [7, 11) is 0. The Kier molecular flexibility index (Phi) is 10.3. The molecule has 0 unspecified atom stereocenters. The van der Waals surface area contributed by atoms with Crippen LogP contribution in [0.1, 0.15) is 28.7 Å². The van der Waals surface area contributed by atoms with Crippen LogP contribution in [0.5, 0.6) is 0 Å². The topological polar surface area (TPSA) is 6.48 Å². The van der Waals surface area contributed by atoms with E-state index in [1.807, 2.05) is 0 Å². The Balaban J connectivity index is 1.02. The fourth-order valence-corrected chi connectivity index (χ4v) is 10.6. The molecule has 0 atom stereocenters. The molecule has 2 aliphatic carbocycles. The first-order valence-electron chi connectivity index (χ1n) is 23.5. The van der Waals surface area contributed by atoms with Gasteiger partial charge in [-0.15, -0.1) is 0 Å². The number of hydrogen-bond donors (Lipinski definition) is 0. The van der Waals surface area contributed by atoms with Gasteiger partial charge in [0.05, 0.1) is 5.41 Å². The maximum Gasteiger partial charge on any atom is 0.0713 e. The zero-order valence-corrected chi connectivity index (χ0v) is 37.7. The largest absolute Gasteiger partial charge is 0.310 e. The fourth-order valence-electron chi connectivity index (χ4n) is 10.6. The lowest BCUT2D eigenvalue weighted by atomic mass is 9.67. The first-order valence-corrected chi connectivity index (χ1v) is 23.5. The number of anilines is 5. The standard InChI is InChI=1S/C66H48N2/c1-47-17-5-3-2-4-6-24-58(43-47)67(59-36-29-48-18-7-10-21-51(48)44-59)56-39-32-54(33-40-56)66(64-27-15-13-25-62(64)63-26-14-16-28-65(63)66)55-34-41-57(42-35-55)68(60-37-30-49-19-8-11-22-52(49)45-60)61-38-31-50-20-9-12-23-53(50)46-61/h2-3,5-46H,1,4H2/b3-2-,17-5-,24-6-,58-43+. The second-order valence-electron chi connectivity index (χ2n) is 17.8. The summed E-state index contributed by atoms with van der Waals surface area (Å²) < 4.78 is 0. The van der Waals surface area contributed by atoms with Crippen LogP contribution in [0.3, 0.4) is 0 Å². The van der Waals surface area contributed by atoms with Crippen molar-refractivity contribution in [2.45, 2.75) is 11.8 Å². The Morgan fingerprint density at radius 3 is 1.26 bits per heavy atom.